The van der Waals surface area contributed by atoms with Crippen LogP contribution in [0.5, 0.6) is 0 Å². The average molecular weight is 413 g/mol. The van der Waals surface area contributed by atoms with Crippen molar-refractivity contribution < 1.29 is 4.79 Å². The minimum Gasteiger partial charge on any atom is -0.383 e. The lowest BCUT2D eigenvalue weighted by molar-refractivity contribution is -0.113. The minimum atomic E-state index is -0.263. The Balaban J connectivity index is 1.89. The van der Waals surface area contributed by atoms with Gasteiger partial charge in [0.05, 0.1) is 11.3 Å². The molecule has 0 bridgehead atoms. The molecule has 3 N–H and O–H groups in total. The highest BCUT2D eigenvalue weighted by Gasteiger charge is 2.21. The van der Waals surface area contributed by atoms with Crippen molar-refractivity contribution >= 4 is 51.3 Å². The first-order chi connectivity index (χ1) is 13.0. The second kappa shape index (κ2) is 8.18. The van der Waals surface area contributed by atoms with Crippen molar-refractivity contribution in [3.63, 3.8) is 0 Å². The Bertz CT molecular complexity index is 1080. The van der Waals surface area contributed by atoms with E-state index in [9.17, 15) is 15.3 Å². The SMILES string of the molecule is Cc1cnc(NC(=O)CSc2nc(N)c(C#N)c(-c3cccs3)c2C#N)s1. The number of pyridine rings is 1. The van der Waals surface area contributed by atoms with Crippen LogP contribution in [0.15, 0.2) is 28.7 Å². The van der Waals surface area contributed by atoms with Crippen LogP contribution in [0.2, 0.25) is 0 Å². The summed E-state index contributed by atoms with van der Waals surface area (Å²) in [7, 11) is 0. The molecule has 0 spiro atoms. The van der Waals surface area contributed by atoms with Gasteiger partial charge in [0, 0.05) is 21.5 Å². The maximum atomic E-state index is 12.2. The van der Waals surface area contributed by atoms with Gasteiger partial charge in [-0.3, -0.25) is 4.79 Å². The Hall–Kier alpha value is -2.92. The first kappa shape index (κ1) is 18.9. The van der Waals surface area contributed by atoms with Gasteiger partial charge in [-0.1, -0.05) is 17.8 Å². The van der Waals surface area contributed by atoms with Crippen molar-refractivity contribution in [3.05, 3.63) is 39.7 Å². The van der Waals surface area contributed by atoms with Crippen LogP contribution in [0.3, 0.4) is 0 Å². The summed E-state index contributed by atoms with van der Waals surface area (Å²) in [4.78, 5) is 22.2. The number of thiazole rings is 1. The second-order valence-corrected chi connectivity index (χ2v) is 8.39. The number of carbonyl (C=O) groups excluding carboxylic acids is 1. The summed E-state index contributed by atoms with van der Waals surface area (Å²) in [6.45, 7) is 1.90. The minimum absolute atomic E-state index is 0.0372. The van der Waals surface area contributed by atoms with Crippen LogP contribution < -0.4 is 11.1 Å². The molecule has 3 aromatic rings. The van der Waals surface area contributed by atoms with Gasteiger partial charge in [-0.15, -0.1) is 22.7 Å². The fourth-order valence-corrected chi connectivity index (χ4v) is 4.53. The predicted molar refractivity (Wildman–Crippen MR) is 108 cm³/mol. The molecule has 0 radical (unpaired) electrons. The van der Waals surface area contributed by atoms with E-state index in [2.05, 4.69) is 21.4 Å². The van der Waals surface area contributed by atoms with Crippen LogP contribution >= 0.6 is 34.4 Å². The predicted octanol–water partition coefficient (Wildman–Crippen LogP) is 3.63. The first-order valence-corrected chi connectivity index (χ1v) is 10.2. The Labute approximate surface area is 167 Å². The fourth-order valence-electron chi connectivity index (χ4n) is 2.27. The normalized spacial score (nSPS) is 10.2. The number of aromatic nitrogens is 2. The topological polar surface area (TPSA) is 128 Å². The number of hydrogen-bond acceptors (Lipinski definition) is 9. The van der Waals surface area contributed by atoms with Crippen molar-refractivity contribution in [2.45, 2.75) is 11.9 Å². The number of thioether (sulfide) groups is 1. The van der Waals surface area contributed by atoms with E-state index < -0.39 is 0 Å². The summed E-state index contributed by atoms with van der Waals surface area (Å²) in [5.74, 6) is -0.186. The van der Waals surface area contributed by atoms with Crippen molar-refractivity contribution in [3.8, 4) is 22.6 Å². The van der Waals surface area contributed by atoms with Gasteiger partial charge in [0.25, 0.3) is 0 Å². The molecule has 1 amide bonds. The number of hydrogen-bond donors (Lipinski definition) is 2. The molecular formula is C17H12N6OS3. The van der Waals surface area contributed by atoms with E-state index in [1.807, 2.05) is 30.5 Å². The van der Waals surface area contributed by atoms with Crippen LogP contribution in [-0.4, -0.2) is 21.6 Å². The molecule has 27 heavy (non-hydrogen) atoms. The van der Waals surface area contributed by atoms with E-state index in [1.165, 1.54) is 22.7 Å². The monoisotopic (exact) mass is 412 g/mol. The molecule has 0 unspecified atom stereocenters. The number of nitrogens with two attached hydrogens (primary N) is 1. The van der Waals surface area contributed by atoms with Crippen molar-refractivity contribution in [1.82, 2.24) is 9.97 Å². The molecule has 0 aliphatic rings. The van der Waals surface area contributed by atoms with E-state index in [0.717, 1.165) is 21.5 Å². The molecule has 3 aromatic heterocycles. The van der Waals surface area contributed by atoms with E-state index in [-0.39, 0.29) is 28.6 Å². The van der Waals surface area contributed by atoms with Gasteiger partial charge in [0.2, 0.25) is 5.91 Å². The first-order valence-electron chi connectivity index (χ1n) is 7.56. The van der Waals surface area contributed by atoms with Crippen LogP contribution in [0.25, 0.3) is 10.4 Å². The lowest BCUT2D eigenvalue weighted by Gasteiger charge is -2.11. The van der Waals surface area contributed by atoms with Crippen LogP contribution in [0.1, 0.15) is 16.0 Å². The third-order valence-electron chi connectivity index (χ3n) is 3.39. The highest BCUT2D eigenvalue weighted by atomic mass is 32.2. The molecule has 7 nitrogen and oxygen atoms in total. The molecule has 0 saturated carbocycles. The number of thiophene rings is 1. The summed E-state index contributed by atoms with van der Waals surface area (Å²) in [6.07, 6.45) is 1.68. The van der Waals surface area contributed by atoms with Crippen LogP contribution in [0, 0.1) is 29.6 Å². The van der Waals surface area contributed by atoms with Crippen molar-refractivity contribution in [2.75, 3.05) is 16.8 Å². The van der Waals surface area contributed by atoms with Gasteiger partial charge >= 0.3 is 0 Å². The van der Waals surface area contributed by atoms with E-state index >= 15 is 0 Å². The second-order valence-electron chi connectivity index (χ2n) is 5.24. The fraction of sp³-hybridized carbons (Fsp3) is 0.118. The molecule has 0 saturated heterocycles. The van der Waals surface area contributed by atoms with Gasteiger partial charge in [-0.2, -0.15) is 10.5 Å². The number of nitriles is 2. The lowest BCUT2D eigenvalue weighted by atomic mass is 10.0. The van der Waals surface area contributed by atoms with E-state index in [0.29, 0.717) is 15.7 Å². The van der Waals surface area contributed by atoms with Gasteiger partial charge < -0.3 is 11.1 Å². The molecule has 3 heterocycles. The van der Waals surface area contributed by atoms with Crippen LogP contribution in [0.4, 0.5) is 10.9 Å². The van der Waals surface area contributed by atoms with Crippen molar-refractivity contribution in [1.29, 1.82) is 10.5 Å². The number of nitrogens with one attached hydrogen (secondary N) is 1. The third-order valence-corrected chi connectivity index (χ3v) is 6.08. The standard InChI is InChI=1S/C17H12N6OS3/c1-9-7-21-17(27-9)22-13(24)8-26-16-11(6-19)14(12-3-2-4-25-12)10(5-18)15(20)23-16/h2-4,7H,8H2,1H3,(H2,20,23)(H,21,22,24). The number of nitrogens with zero attached hydrogens (tertiary/aromatic N) is 4. The summed E-state index contributed by atoms with van der Waals surface area (Å²) in [5.41, 5.74) is 6.80. The quantitative estimate of drug-likeness (QED) is 0.612. The zero-order chi connectivity index (χ0) is 19.4. The van der Waals surface area contributed by atoms with Gasteiger partial charge in [0.1, 0.15) is 28.5 Å². The molecule has 0 fully saturated rings. The molecular weight excluding hydrogens is 400 g/mol. The highest BCUT2D eigenvalue weighted by Crippen LogP contribution is 2.37. The van der Waals surface area contributed by atoms with Gasteiger partial charge in [-0.05, 0) is 18.4 Å². The summed E-state index contributed by atoms with van der Waals surface area (Å²) >= 11 is 3.88. The Morgan fingerprint density at radius 1 is 1.37 bits per heavy atom. The molecule has 134 valence electrons. The van der Waals surface area contributed by atoms with Gasteiger partial charge in [-0.25, -0.2) is 9.97 Å². The summed E-state index contributed by atoms with van der Waals surface area (Å²) in [5, 5.41) is 24.5. The molecule has 3 rings (SSSR count). The third kappa shape index (κ3) is 4.09. The lowest BCUT2D eigenvalue weighted by Crippen LogP contribution is -2.14. The molecule has 10 heteroatoms. The number of rotatable bonds is 5. The summed E-state index contributed by atoms with van der Waals surface area (Å²) < 4.78 is 0. The molecule has 0 atom stereocenters. The maximum absolute atomic E-state index is 12.2. The van der Waals surface area contributed by atoms with Gasteiger partial charge in [0.15, 0.2) is 5.13 Å². The number of anilines is 2. The number of aryl methyl sites for hydroxylation is 1. The zero-order valence-corrected chi connectivity index (χ0v) is 16.5. The number of amides is 1. The molecule has 0 aromatic carbocycles. The maximum Gasteiger partial charge on any atom is 0.236 e. The van der Waals surface area contributed by atoms with Crippen molar-refractivity contribution in [2.24, 2.45) is 0 Å². The number of carbonyl (C=O) groups is 1. The highest BCUT2D eigenvalue weighted by molar-refractivity contribution is 8.00. The Morgan fingerprint density at radius 2 is 2.15 bits per heavy atom. The largest absolute Gasteiger partial charge is 0.383 e. The smallest absolute Gasteiger partial charge is 0.236 e. The van der Waals surface area contributed by atoms with Crippen LogP contribution in [-0.2, 0) is 4.79 Å². The number of nitrogen functional groups attached to an aromatic ring is 1. The zero-order valence-electron chi connectivity index (χ0n) is 14.0. The Morgan fingerprint density at radius 3 is 2.74 bits per heavy atom. The molecule has 0 aliphatic heterocycles. The average Bonchev–Trinajstić information content (AvgIpc) is 3.31. The summed E-state index contributed by atoms with van der Waals surface area (Å²) in [6, 6.07) is 7.77. The molecule has 0 aliphatic carbocycles. The van der Waals surface area contributed by atoms with E-state index in [4.69, 9.17) is 5.73 Å². The van der Waals surface area contributed by atoms with E-state index in [1.54, 1.807) is 6.20 Å². The Kier molecular flexibility index (Phi) is 5.72.